The van der Waals surface area contributed by atoms with Crippen LogP contribution in [0.2, 0.25) is 0 Å². The predicted octanol–water partition coefficient (Wildman–Crippen LogP) is 3.66. The number of carbonyl (C=O) groups excluding carboxylic acids is 1. The van der Waals surface area contributed by atoms with Gasteiger partial charge in [0.1, 0.15) is 5.69 Å². The van der Waals surface area contributed by atoms with Crippen LogP contribution in [0.15, 0.2) is 42.5 Å². The van der Waals surface area contributed by atoms with Crippen molar-refractivity contribution in [3.63, 3.8) is 0 Å². The molecule has 8 heteroatoms. The molecular weight excluding hydrogens is 372 g/mol. The molecule has 1 saturated heterocycles. The van der Waals surface area contributed by atoms with Gasteiger partial charge in [0.2, 0.25) is 0 Å². The lowest BCUT2D eigenvalue weighted by atomic mass is 10.1. The highest BCUT2D eigenvalue weighted by Gasteiger charge is 2.19. The summed E-state index contributed by atoms with van der Waals surface area (Å²) in [5, 5.41) is 14.6. The number of esters is 1. The number of methoxy groups -OCH3 is 1. The van der Waals surface area contributed by atoms with Crippen molar-refractivity contribution in [3.8, 4) is 0 Å². The quantitative estimate of drug-likeness (QED) is 0.451. The van der Waals surface area contributed by atoms with Gasteiger partial charge >= 0.3 is 5.97 Å². The van der Waals surface area contributed by atoms with E-state index in [1.54, 1.807) is 0 Å². The van der Waals surface area contributed by atoms with Crippen molar-refractivity contribution in [1.82, 2.24) is 4.90 Å². The van der Waals surface area contributed by atoms with E-state index in [1.807, 2.05) is 18.2 Å². The average molecular weight is 398 g/mol. The molecule has 1 N–H and O–H groups in total. The molecule has 2 aromatic carbocycles. The maximum Gasteiger partial charge on any atom is 0.338 e. The van der Waals surface area contributed by atoms with Gasteiger partial charge in [-0.2, -0.15) is 0 Å². The Labute approximate surface area is 170 Å². The summed E-state index contributed by atoms with van der Waals surface area (Å²) in [5.41, 5.74) is 2.14. The Balaban J connectivity index is 1.81. The van der Waals surface area contributed by atoms with Crippen molar-refractivity contribution in [1.29, 1.82) is 0 Å². The van der Waals surface area contributed by atoms with Crippen LogP contribution in [0.25, 0.3) is 0 Å². The van der Waals surface area contributed by atoms with Crippen LogP contribution in [-0.2, 0) is 4.74 Å². The summed E-state index contributed by atoms with van der Waals surface area (Å²) in [6, 6.07) is 12.1. The molecule has 1 aliphatic rings. The summed E-state index contributed by atoms with van der Waals surface area (Å²) < 4.78 is 4.65. The number of nitrogens with one attached hydrogen (secondary N) is 1. The number of ether oxygens (including phenoxy) is 1. The molecule has 0 saturated carbocycles. The lowest BCUT2D eigenvalue weighted by molar-refractivity contribution is -0.383. The predicted molar refractivity (Wildman–Crippen MR) is 113 cm³/mol. The highest BCUT2D eigenvalue weighted by Crippen LogP contribution is 2.30. The Hall–Kier alpha value is -3.13. The van der Waals surface area contributed by atoms with E-state index in [1.165, 1.54) is 25.3 Å². The maximum atomic E-state index is 11.7. The Morgan fingerprint density at radius 2 is 2.00 bits per heavy atom. The number of rotatable bonds is 6. The molecule has 0 spiro atoms. The van der Waals surface area contributed by atoms with Crippen LogP contribution in [-0.4, -0.2) is 55.6 Å². The van der Waals surface area contributed by atoms with Gasteiger partial charge in [0.05, 0.1) is 17.6 Å². The van der Waals surface area contributed by atoms with Crippen LogP contribution < -0.4 is 10.2 Å². The molecule has 1 heterocycles. The Morgan fingerprint density at radius 1 is 1.17 bits per heavy atom. The minimum absolute atomic E-state index is 0.142. The van der Waals surface area contributed by atoms with Crippen LogP contribution in [0.3, 0.4) is 0 Å². The molecule has 8 nitrogen and oxygen atoms in total. The Morgan fingerprint density at radius 3 is 2.72 bits per heavy atom. The standard InChI is InChI=1S/C21H26N4O4/c1-3-23-10-5-11-24(13-12-23)18-7-4-6-17(15-18)22-19-9-8-16(21(26)29-2)14-20(19)25(27)28/h4,6-9,14-15,22H,3,5,10-13H2,1-2H3. The summed E-state index contributed by atoms with van der Waals surface area (Å²) >= 11 is 0. The highest BCUT2D eigenvalue weighted by molar-refractivity contribution is 5.91. The molecule has 0 bridgehead atoms. The summed E-state index contributed by atoms with van der Waals surface area (Å²) in [6.45, 7) is 7.29. The van der Waals surface area contributed by atoms with Crippen LogP contribution in [0.4, 0.5) is 22.7 Å². The number of carbonyl (C=O) groups is 1. The molecule has 0 radical (unpaired) electrons. The minimum atomic E-state index is -0.607. The molecule has 0 unspecified atom stereocenters. The molecule has 1 fully saturated rings. The molecule has 0 atom stereocenters. The third kappa shape index (κ3) is 5.03. The number of hydrogen-bond donors (Lipinski definition) is 1. The van der Waals surface area contributed by atoms with E-state index >= 15 is 0 Å². The summed E-state index contributed by atoms with van der Waals surface area (Å²) in [7, 11) is 1.24. The van der Waals surface area contributed by atoms with E-state index in [-0.39, 0.29) is 11.3 Å². The number of likely N-dealkylation sites (N-methyl/N-ethyl adjacent to an activating group) is 1. The Kier molecular flexibility index (Phi) is 6.66. The molecule has 154 valence electrons. The molecule has 0 aliphatic carbocycles. The number of nitrogens with zero attached hydrogens (tertiary/aromatic N) is 3. The van der Waals surface area contributed by atoms with E-state index in [9.17, 15) is 14.9 Å². The highest BCUT2D eigenvalue weighted by atomic mass is 16.6. The van der Waals surface area contributed by atoms with Crippen LogP contribution in [0, 0.1) is 10.1 Å². The first-order valence-electron chi connectivity index (χ1n) is 9.73. The van der Waals surface area contributed by atoms with Gasteiger partial charge in [-0.1, -0.05) is 13.0 Å². The maximum absolute atomic E-state index is 11.7. The van der Waals surface area contributed by atoms with Crippen molar-refractivity contribution < 1.29 is 14.5 Å². The van der Waals surface area contributed by atoms with E-state index < -0.39 is 10.9 Å². The number of benzene rings is 2. The first-order chi connectivity index (χ1) is 14.0. The van der Waals surface area contributed by atoms with Gasteiger partial charge in [-0.05, 0) is 49.8 Å². The molecule has 29 heavy (non-hydrogen) atoms. The lowest BCUT2D eigenvalue weighted by Crippen LogP contribution is -2.30. The molecule has 0 aromatic heterocycles. The second-order valence-corrected chi connectivity index (χ2v) is 6.93. The van der Waals surface area contributed by atoms with Gasteiger partial charge in [-0.25, -0.2) is 4.79 Å². The van der Waals surface area contributed by atoms with Gasteiger partial charge in [-0.3, -0.25) is 10.1 Å². The van der Waals surface area contributed by atoms with Crippen molar-refractivity contribution in [2.24, 2.45) is 0 Å². The third-order valence-electron chi connectivity index (χ3n) is 5.14. The van der Waals surface area contributed by atoms with Crippen molar-refractivity contribution >= 4 is 28.7 Å². The van der Waals surface area contributed by atoms with Gasteiger partial charge < -0.3 is 19.9 Å². The van der Waals surface area contributed by atoms with Crippen molar-refractivity contribution in [2.45, 2.75) is 13.3 Å². The van der Waals surface area contributed by atoms with Gasteiger partial charge in [0.15, 0.2) is 0 Å². The second-order valence-electron chi connectivity index (χ2n) is 6.93. The summed E-state index contributed by atoms with van der Waals surface area (Å²) in [6.07, 6.45) is 1.10. The Bertz CT molecular complexity index is 887. The normalized spacial score (nSPS) is 14.9. The smallest absolute Gasteiger partial charge is 0.338 e. The largest absolute Gasteiger partial charge is 0.465 e. The first kappa shape index (κ1) is 20.6. The van der Waals surface area contributed by atoms with E-state index in [2.05, 4.69) is 32.8 Å². The van der Waals surface area contributed by atoms with Crippen LogP contribution in [0.1, 0.15) is 23.7 Å². The fourth-order valence-electron chi connectivity index (χ4n) is 3.51. The monoisotopic (exact) mass is 398 g/mol. The number of hydrogen-bond acceptors (Lipinski definition) is 7. The molecule has 2 aromatic rings. The van der Waals surface area contributed by atoms with Gasteiger partial charge in [-0.15, -0.1) is 0 Å². The van der Waals surface area contributed by atoms with E-state index in [0.29, 0.717) is 5.69 Å². The third-order valence-corrected chi connectivity index (χ3v) is 5.14. The number of anilines is 3. The molecule has 1 aliphatic heterocycles. The minimum Gasteiger partial charge on any atom is -0.465 e. The van der Waals surface area contributed by atoms with Crippen LogP contribution in [0.5, 0.6) is 0 Å². The average Bonchev–Trinajstić information content (AvgIpc) is 2.99. The zero-order chi connectivity index (χ0) is 20.8. The van der Waals surface area contributed by atoms with Crippen LogP contribution >= 0.6 is 0 Å². The van der Waals surface area contributed by atoms with Crippen molar-refractivity contribution in [3.05, 3.63) is 58.1 Å². The fraction of sp³-hybridized carbons (Fsp3) is 0.381. The van der Waals surface area contributed by atoms with Gasteiger partial charge in [0, 0.05) is 37.1 Å². The zero-order valence-electron chi connectivity index (χ0n) is 16.8. The fourth-order valence-corrected chi connectivity index (χ4v) is 3.51. The summed E-state index contributed by atoms with van der Waals surface area (Å²) in [5.74, 6) is -0.607. The van der Waals surface area contributed by atoms with Gasteiger partial charge in [0.25, 0.3) is 5.69 Å². The lowest BCUT2D eigenvalue weighted by Gasteiger charge is -2.24. The first-order valence-corrected chi connectivity index (χ1v) is 9.73. The molecule has 0 amide bonds. The van der Waals surface area contributed by atoms with E-state index in [4.69, 9.17) is 0 Å². The second kappa shape index (κ2) is 9.38. The number of nitro groups is 1. The topological polar surface area (TPSA) is 88.0 Å². The van der Waals surface area contributed by atoms with E-state index in [0.717, 1.165) is 50.5 Å². The molecular formula is C21H26N4O4. The zero-order valence-corrected chi connectivity index (χ0v) is 16.8. The number of nitro benzene ring substituents is 1. The SMILES string of the molecule is CCN1CCCN(c2cccc(Nc3ccc(C(=O)OC)cc3[N+](=O)[O-])c2)CC1. The summed E-state index contributed by atoms with van der Waals surface area (Å²) in [4.78, 5) is 27.4. The molecule has 3 rings (SSSR count). The van der Waals surface area contributed by atoms with Crippen molar-refractivity contribution in [2.75, 3.05) is 50.1 Å².